The van der Waals surface area contributed by atoms with E-state index in [9.17, 15) is 4.79 Å². The molecule has 0 bridgehead atoms. The average Bonchev–Trinajstić information content (AvgIpc) is 2.21. The van der Waals surface area contributed by atoms with Crippen LogP contribution in [-0.2, 0) is 9.53 Å². The average molecular weight is 229 g/mol. The largest absolute Gasteiger partial charge is 0.387 e. The molecule has 16 heavy (non-hydrogen) atoms. The first-order valence-corrected chi connectivity index (χ1v) is 5.53. The van der Waals surface area contributed by atoms with Crippen LogP contribution in [0.5, 0.6) is 0 Å². The number of amides is 1. The van der Waals surface area contributed by atoms with Crippen LogP contribution in [-0.4, -0.2) is 42.8 Å². The second-order valence-electron chi connectivity index (χ2n) is 4.24. The molecule has 0 aromatic carbocycles. The van der Waals surface area contributed by atoms with Gasteiger partial charge in [-0.15, -0.1) is 0 Å². The van der Waals surface area contributed by atoms with Gasteiger partial charge >= 0.3 is 0 Å². The van der Waals surface area contributed by atoms with E-state index in [1.807, 2.05) is 27.7 Å². The molecule has 0 saturated heterocycles. The smallest absolute Gasteiger partial charge is 0.252 e. The van der Waals surface area contributed by atoms with Gasteiger partial charge < -0.3 is 14.7 Å². The summed E-state index contributed by atoms with van der Waals surface area (Å²) in [6.45, 7) is 8.50. The van der Waals surface area contributed by atoms with E-state index in [1.54, 1.807) is 12.0 Å². The number of hydrogen-bond acceptors (Lipinski definition) is 3. The third kappa shape index (κ3) is 4.33. The van der Waals surface area contributed by atoms with Crippen molar-refractivity contribution >= 4 is 5.91 Å². The second kappa shape index (κ2) is 7.41. The fraction of sp³-hybridized carbons (Fsp3) is 0.750. The molecular formula is C12H23NO3. The van der Waals surface area contributed by atoms with Gasteiger partial charge in [0.15, 0.2) is 0 Å². The van der Waals surface area contributed by atoms with Crippen molar-refractivity contribution in [1.82, 2.24) is 4.90 Å². The molecule has 0 aliphatic heterocycles. The Labute approximate surface area is 97.9 Å². The van der Waals surface area contributed by atoms with Crippen molar-refractivity contribution in [3.63, 3.8) is 0 Å². The van der Waals surface area contributed by atoms with Gasteiger partial charge in [-0.3, -0.25) is 4.79 Å². The number of nitrogens with zero attached hydrogens (tertiary/aromatic N) is 1. The number of carbonyl (C=O) groups excluding carboxylic acids is 1. The summed E-state index contributed by atoms with van der Waals surface area (Å²) in [5.41, 5.74) is 2.06. The van der Waals surface area contributed by atoms with E-state index in [1.165, 1.54) is 0 Å². The predicted molar refractivity (Wildman–Crippen MR) is 63.9 cm³/mol. The van der Waals surface area contributed by atoms with Gasteiger partial charge in [0, 0.05) is 19.4 Å². The number of allylic oxidation sites excluding steroid dienone is 2. The quantitative estimate of drug-likeness (QED) is 0.749. The first kappa shape index (κ1) is 15.1. The van der Waals surface area contributed by atoms with E-state index in [4.69, 9.17) is 9.84 Å². The maximum absolute atomic E-state index is 11.7. The molecule has 0 saturated carbocycles. The predicted octanol–water partition coefficient (Wildman–Crippen LogP) is 1.40. The molecule has 0 fully saturated rings. The minimum absolute atomic E-state index is 0.248. The standard InChI is InChI=1S/C12H23NO3/c1-9(2)12(10(3)4)13(6-7-16-5)11(15)8-14/h9,14H,6-8H2,1-5H3. The highest BCUT2D eigenvalue weighted by Crippen LogP contribution is 2.19. The number of rotatable bonds is 6. The topological polar surface area (TPSA) is 49.8 Å². The lowest BCUT2D eigenvalue weighted by Gasteiger charge is -2.28. The molecule has 94 valence electrons. The molecule has 0 aromatic rings. The van der Waals surface area contributed by atoms with Gasteiger partial charge in [-0.1, -0.05) is 19.4 Å². The van der Waals surface area contributed by atoms with E-state index in [0.29, 0.717) is 13.2 Å². The van der Waals surface area contributed by atoms with Crippen LogP contribution in [0.3, 0.4) is 0 Å². The van der Waals surface area contributed by atoms with Crippen LogP contribution in [0.15, 0.2) is 11.3 Å². The molecule has 0 radical (unpaired) electrons. The van der Waals surface area contributed by atoms with Gasteiger partial charge in [-0.2, -0.15) is 0 Å². The van der Waals surface area contributed by atoms with Crippen LogP contribution in [0.2, 0.25) is 0 Å². The lowest BCUT2D eigenvalue weighted by Crippen LogP contribution is -2.37. The lowest BCUT2D eigenvalue weighted by molar-refractivity contribution is -0.133. The highest BCUT2D eigenvalue weighted by Gasteiger charge is 2.20. The Balaban J connectivity index is 4.98. The highest BCUT2D eigenvalue weighted by molar-refractivity contribution is 5.79. The van der Waals surface area contributed by atoms with Crippen LogP contribution < -0.4 is 0 Å². The normalized spacial score (nSPS) is 10.4. The van der Waals surface area contributed by atoms with Crippen LogP contribution >= 0.6 is 0 Å². The molecule has 0 atom stereocenters. The number of aliphatic hydroxyl groups is 1. The van der Waals surface area contributed by atoms with Gasteiger partial charge in [0.1, 0.15) is 6.61 Å². The van der Waals surface area contributed by atoms with Crippen LogP contribution in [0.1, 0.15) is 27.7 Å². The van der Waals surface area contributed by atoms with Crippen molar-refractivity contribution in [2.75, 3.05) is 26.9 Å². The molecule has 0 rings (SSSR count). The van der Waals surface area contributed by atoms with Crippen LogP contribution in [0, 0.1) is 5.92 Å². The van der Waals surface area contributed by atoms with Gasteiger partial charge in [-0.25, -0.2) is 0 Å². The molecule has 0 aliphatic rings. The van der Waals surface area contributed by atoms with Crippen molar-refractivity contribution in [2.45, 2.75) is 27.7 Å². The third-order valence-corrected chi connectivity index (χ3v) is 2.31. The van der Waals surface area contributed by atoms with E-state index in [-0.39, 0.29) is 11.8 Å². The van der Waals surface area contributed by atoms with E-state index >= 15 is 0 Å². The Morgan fingerprint density at radius 2 is 1.94 bits per heavy atom. The SMILES string of the molecule is COCCN(C(=O)CO)C(=C(C)C)C(C)C. The lowest BCUT2D eigenvalue weighted by atomic mass is 10.0. The molecule has 0 heterocycles. The Bertz CT molecular complexity index is 255. The summed E-state index contributed by atoms with van der Waals surface area (Å²) in [6.07, 6.45) is 0. The van der Waals surface area contributed by atoms with Crippen molar-refractivity contribution < 1.29 is 14.6 Å². The van der Waals surface area contributed by atoms with Crippen LogP contribution in [0.25, 0.3) is 0 Å². The summed E-state index contributed by atoms with van der Waals surface area (Å²) < 4.78 is 4.98. The first-order valence-electron chi connectivity index (χ1n) is 5.53. The molecule has 4 nitrogen and oxygen atoms in total. The van der Waals surface area contributed by atoms with Gasteiger partial charge in [0.25, 0.3) is 5.91 Å². The molecule has 4 heteroatoms. The molecule has 0 aromatic heterocycles. The van der Waals surface area contributed by atoms with Crippen molar-refractivity contribution in [1.29, 1.82) is 0 Å². The number of ether oxygens (including phenoxy) is 1. The molecule has 1 N–H and O–H groups in total. The monoisotopic (exact) mass is 229 g/mol. The molecule has 0 aliphatic carbocycles. The highest BCUT2D eigenvalue weighted by atomic mass is 16.5. The maximum Gasteiger partial charge on any atom is 0.252 e. The maximum atomic E-state index is 11.7. The van der Waals surface area contributed by atoms with Gasteiger partial charge in [0.05, 0.1) is 6.61 Å². The first-order chi connectivity index (χ1) is 7.45. The summed E-state index contributed by atoms with van der Waals surface area (Å²) in [7, 11) is 1.60. The Kier molecular flexibility index (Phi) is 7.01. The number of aliphatic hydroxyl groups excluding tert-OH is 1. The Morgan fingerprint density at radius 3 is 2.25 bits per heavy atom. The van der Waals surface area contributed by atoms with Crippen molar-refractivity contribution in [3.8, 4) is 0 Å². The van der Waals surface area contributed by atoms with Crippen molar-refractivity contribution in [2.24, 2.45) is 5.92 Å². The van der Waals surface area contributed by atoms with E-state index in [0.717, 1.165) is 11.3 Å². The molecule has 1 amide bonds. The summed E-state index contributed by atoms with van der Waals surface area (Å²) in [5, 5.41) is 8.96. The summed E-state index contributed by atoms with van der Waals surface area (Å²) in [5.74, 6) is -0.0284. The summed E-state index contributed by atoms with van der Waals surface area (Å²) >= 11 is 0. The third-order valence-electron chi connectivity index (χ3n) is 2.31. The Hall–Kier alpha value is -0.870. The minimum atomic E-state index is -0.465. The zero-order valence-corrected chi connectivity index (χ0v) is 10.9. The Morgan fingerprint density at radius 1 is 1.38 bits per heavy atom. The van der Waals surface area contributed by atoms with Gasteiger partial charge in [-0.05, 0) is 19.8 Å². The number of hydrogen-bond donors (Lipinski definition) is 1. The van der Waals surface area contributed by atoms with Crippen molar-refractivity contribution in [3.05, 3.63) is 11.3 Å². The summed E-state index contributed by atoms with van der Waals surface area (Å²) in [4.78, 5) is 13.3. The molecule has 0 unspecified atom stereocenters. The van der Waals surface area contributed by atoms with Gasteiger partial charge in [0.2, 0.25) is 0 Å². The second-order valence-corrected chi connectivity index (χ2v) is 4.24. The fourth-order valence-electron chi connectivity index (χ4n) is 1.81. The number of methoxy groups -OCH3 is 1. The van der Waals surface area contributed by atoms with E-state index < -0.39 is 6.61 Å². The van der Waals surface area contributed by atoms with Crippen LogP contribution in [0.4, 0.5) is 0 Å². The number of carbonyl (C=O) groups is 1. The minimum Gasteiger partial charge on any atom is -0.387 e. The zero-order chi connectivity index (χ0) is 12.7. The molecular weight excluding hydrogens is 206 g/mol. The zero-order valence-electron chi connectivity index (χ0n) is 10.9. The summed E-state index contributed by atoms with van der Waals surface area (Å²) in [6, 6.07) is 0. The van der Waals surface area contributed by atoms with E-state index in [2.05, 4.69) is 0 Å². The molecule has 0 spiro atoms. The fourth-order valence-corrected chi connectivity index (χ4v) is 1.81.